The van der Waals surface area contributed by atoms with Gasteiger partial charge in [0.15, 0.2) is 0 Å². The number of ether oxygens (including phenoxy) is 2. The Balaban J connectivity index is 1.41. The Labute approximate surface area is 151 Å². The lowest BCUT2D eigenvalue weighted by molar-refractivity contribution is 0.0841. The standard InChI is InChI=1S/C20H20N2O4/c1-15-7-9-17(10-8-15)25-12-11-18(23)20-22-21-19(26-20)14-24-13-16-5-3-2-4-6-16/h2-10H,11-14H2,1H3. The van der Waals surface area contributed by atoms with Crippen molar-refractivity contribution >= 4 is 5.78 Å². The van der Waals surface area contributed by atoms with Crippen molar-refractivity contribution in [2.24, 2.45) is 0 Å². The summed E-state index contributed by atoms with van der Waals surface area (Å²) in [6, 6.07) is 17.4. The third kappa shape index (κ3) is 5.26. The molecule has 26 heavy (non-hydrogen) atoms. The number of carbonyl (C=O) groups is 1. The molecule has 0 aliphatic rings. The Kier molecular flexibility index (Phi) is 6.11. The monoisotopic (exact) mass is 352 g/mol. The third-order valence-electron chi connectivity index (χ3n) is 3.66. The van der Waals surface area contributed by atoms with Crippen LogP contribution in [0.2, 0.25) is 0 Å². The molecule has 0 radical (unpaired) electrons. The number of hydrogen-bond acceptors (Lipinski definition) is 6. The number of benzene rings is 2. The van der Waals surface area contributed by atoms with Gasteiger partial charge in [0.05, 0.1) is 19.6 Å². The molecule has 3 aromatic rings. The Morgan fingerprint density at radius 1 is 1.00 bits per heavy atom. The van der Waals surface area contributed by atoms with Gasteiger partial charge in [-0.3, -0.25) is 4.79 Å². The molecule has 6 heteroatoms. The molecule has 0 saturated heterocycles. The van der Waals surface area contributed by atoms with Gasteiger partial charge in [-0.2, -0.15) is 0 Å². The summed E-state index contributed by atoms with van der Waals surface area (Å²) in [5.41, 5.74) is 2.21. The normalized spacial score (nSPS) is 10.7. The van der Waals surface area contributed by atoms with Crippen LogP contribution in [0.15, 0.2) is 59.0 Å². The molecule has 0 fully saturated rings. The van der Waals surface area contributed by atoms with Crippen LogP contribution in [0, 0.1) is 6.92 Å². The van der Waals surface area contributed by atoms with E-state index in [1.807, 2.05) is 61.5 Å². The van der Waals surface area contributed by atoms with E-state index in [0.29, 0.717) is 6.61 Å². The fraction of sp³-hybridized carbons (Fsp3) is 0.250. The number of rotatable bonds is 9. The number of ketones is 1. The first-order chi connectivity index (χ1) is 12.7. The van der Waals surface area contributed by atoms with E-state index in [0.717, 1.165) is 16.9 Å². The van der Waals surface area contributed by atoms with E-state index in [1.54, 1.807) is 0 Å². The van der Waals surface area contributed by atoms with Crippen LogP contribution in [0.4, 0.5) is 0 Å². The second kappa shape index (κ2) is 8.92. The number of nitrogens with zero attached hydrogens (tertiary/aromatic N) is 2. The molecular weight excluding hydrogens is 332 g/mol. The molecule has 6 nitrogen and oxygen atoms in total. The fourth-order valence-corrected chi connectivity index (χ4v) is 2.26. The van der Waals surface area contributed by atoms with Crippen molar-refractivity contribution in [2.45, 2.75) is 26.6 Å². The molecular formula is C20H20N2O4. The Morgan fingerprint density at radius 2 is 1.77 bits per heavy atom. The lowest BCUT2D eigenvalue weighted by Gasteiger charge is -2.04. The number of aromatic nitrogens is 2. The highest BCUT2D eigenvalue weighted by Gasteiger charge is 2.15. The summed E-state index contributed by atoms with van der Waals surface area (Å²) in [5.74, 6) is 0.738. The molecule has 0 N–H and O–H groups in total. The quantitative estimate of drug-likeness (QED) is 0.546. The molecule has 1 heterocycles. The number of aryl methyl sites for hydroxylation is 1. The lowest BCUT2D eigenvalue weighted by atomic mass is 10.2. The molecule has 134 valence electrons. The van der Waals surface area contributed by atoms with Gasteiger partial charge in [-0.25, -0.2) is 0 Å². The smallest absolute Gasteiger partial charge is 0.284 e. The highest BCUT2D eigenvalue weighted by molar-refractivity contribution is 5.91. The summed E-state index contributed by atoms with van der Waals surface area (Å²) in [6.45, 7) is 2.86. The third-order valence-corrected chi connectivity index (χ3v) is 3.66. The molecule has 0 saturated carbocycles. The molecule has 0 amide bonds. The number of hydrogen-bond donors (Lipinski definition) is 0. The molecule has 0 aliphatic heterocycles. The zero-order valence-corrected chi connectivity index (χ0v) is 14.6. The predicted octanol–water partition coefficient (Wildman–Crippen LogP) is 3.75. The highest BCUT2D eigenvalue weighted by Crippen LogP contribution is 2.12. The number of Topliss-reactive ketones (excluding diaryl/α,β-unsaturated/α-hetero) is 1. The minimum atomic E-state index is -0.251. The minimum absolute atomic E-state index is 0.0178. The van der Waals surface area contributed by atoms with Gasteiger partial charge in [0.2, 0.25) is 11.7 Å². The highest BCUT2D eigenvalue weighted by atomic mass is 16.5. The molecule has 0 atom stereocenters. The van der Waals surface area contributed by atoms with Crippen LogP contribution in [-0.2, 0) is 18.0 Å². The van der Waals surface area contributed by atoms with Crippen molar-refractivity contribution in [3.63, 3.8) is 0 Å². The molecule has 2 aromatic carbocycles. The topological polar surface area (TPSA) is 74.5 Å². The second-order valence-corrected chi connectivity index (χ2v) is 5.81. The lowest BCUT2D eigenvalue weighted by Crippen LogP contribution is -2.07. The Morgan fingerprint density at radius 3 is 2.54 bits per heavy atom. The van der Waals surface area contributed by atoms with Crippen molar-refractivity contribution < 1.29 is 18.7 Å². The van der Waals surface area contributed by atoms with Crippen molar-refractivity contribution in [1.82, 2.24) is 10.2 Å². The van der Waals surface area contributed by atoms with E-state index < -0.39 is 0 Å². The second-order valence-electron chi connectivity index (χ2n) is 5.81. The molecule has 1 aromatic heterocycles. The maximum absolute atomic E-state index is 12.1. The van der Waals surface area contributed by atoms with Gasteiger partial charge in [-0.05, 0) is 24.6 Å². The van der Waals surface area contributed by atoms with Crippen LogP contribution in [-0.4, -0.2) is 22.6 Å². The maximum Gasteiger partial charge on any atom is 0.284 e. The molecule has 3 rings (SSSR count). The SMILES string of the molecule is Cc1ccc(OCCC(=O)c2nnc(COCc3ccccc3)o2)cc1. The van der Waals surface area contributed by atoms with Crippen LogP contribution in [0.25, 0.3) is 0 Å². The Hall–Kier alpha value is -2.99. The first-order valence-corrected chi connectivity index (χ1v) is 8.37. The van der Waals surface area contributed by atoms with Gasteiger partial charge in [0.25, 0.3) is 5.89 Å². The molecule has 0 aliphatic carbocycles. The van der Waals surface area contributed by atoms with Crippen LogP contribution in [0.5, 0.6) is 5.75 Å². The number of carbonyl (C=O) groups excluding carboxylic acids is 1. The van der Waals surface area contributed by atoms with Crippen molar-refractivity contribution in [1.29, 1.82) is 0 Å². The summed E-state index contributed by atoms with van der Waals surface area (Å²) < 4.78 is 16.4. The first-order valence-electron chi connectivity index (χ1n) is 8.37. The van der Waals surface area contributed by atoms with Crippen molar-refractivity contribution in [3.8, 4) is 5.75 Å². The average molecular weight is 352 g/mol. The summed E-state index contributed by atoms with van der Waals surface area (Å²) in [6.07, 6.45) is 0.167. The van der Waals surface area contributed by atoms with E-state index in [4.69, 9.17) is 13.9 Å². The largest absolute Gasteiger partial charge is 0.493 e. The van der Waals surface area contributed by atoms with Crippen LogP contribution >= 0.6 is 0 Å². The van der Waals surface area contributed by atoms with Crippen LogP contribution < -0.4 is 4.74 Å². The summed E-state index contributed by atoms with van der Waals surface area (Å²) >= 11 is 0. The van der Waals surface area contributed by atoms with Crippen molar-refractivity contribution in [2.75, 3.05) is 6.61 Å². The van der Waals surface area contributed by atoms with E-state index in [9.17, 15) is 4.79 Å². The van der Waals surface area contributed by atoms with Gasteiger partial charge in [0.1, 0.15) is 12.4 Å². The maximum atomic E-state index is 12.1. The van der Waals surface area contributed by atoms with Crippen LogP contribution in [0.1, 0.15) is 34.1 Å². The minimum Gasteiger partial charge on any atom is -0.493 e. The Bertz CT molecular complexity index is 829. The van der Waals surface area contributed by atoms with Gasteiger partial charge in [-0.15, -0.1) is 10.2 Å². The van der Waals surface area contributed by atoms with E-state index >= 15 is 0 Å². The first kappa shape index (κ1) is 17.8. The molecule has 0 spiro atoms. The van der Waals surface area contributed by atoms with E-state index in [2.05, 4.69) is 10.2 Å². The van der Waals surface area contributed by atoms with E-state index in [1.165, 1.54) is 0 Å². The predicted molar refractivity (Wildman–Crippen MR) is 94.9 cm³/mol. The summed E-state index contributed by atoms with van der Waals surface area (Å²) in [5, 5.41) is 7.62. The van der Waals surface area contributed by atoms with Gasteiger partial charge < -0.3 is 13.9 Å². The zero-order chi connectivity index (χ0) is 18.2. The summed E-state index contributed by atoms with van der Waals surface area (Å²) in [7, 11) is 0. The van der Waals surface area contributed by atoms with Gasteiger partial charge >= 0.3 is 0 Å². The van der Waals surface area contributed by atoms with Crippen molar-refractivity contribution in [3.05, 3.63) is 77.5 Å². The fourth-order valence-electron chi connectivity index (χ4n) is 2.26. The molecule has 0 unspecified atom stereocenters. The summed E-state index contributed by atoms with van der Waals surface area (Å²) in [4.78, 5) is 12.1. The van der Waals surface area contributed by atoms with E-state index in [-0.39, 0.29) is 37.2 Å². The molecule has 0 bridgehead atoms. The van der Waals surface area contributed by atoms with Gasteiger partial charge in [-0.1, -0.05) is 48.0 Å². The van der Waals surface area contributed by atoms with Crippen LogP contribution in [0.3, 0.4) is 0 Å². The zero-order valence-electron chi connectivity index (χ0n) is 14.6. The van der Waals surface area contributed by atoms with Gasteiger partial charge in [0, 0.05) is 0 Å². The average Bonchev–Trinajstić information content (AvgIpc) is 3.13.